The van der Waals surface area contributed by atoms with Gasteiger partial charge in [0.15, 0.2) is 0 Å². The zero-order valence-corrected chi connectivity index (χ0v) is 21.8. The lowest BCUT2D eigenvalue weighted by molar-refractivity contribution is -0.168. The fourth-order valence-electron chi connectivity index (χ4n) is 9.10. The van der Waals surface area contributed by atoms with E-state index in [0.29, 0.717) is 60.6 Å². The van der Waals surface area contributed by atoms with E-state index in [1.807, 2.05) is 0 Å². The van der Waals surface area contributed by atoms with Gasteiger partial charge in [-0.3, -0.25) is 9.59 Å². The molecule has 0 spiro atoms. The standard InChI is InChI=1S/C28H45NO5/c1-16(6-9-24(32)29-17(2)26(33)34-5)20-7-8-21-25-22(11-13-28(20,21)4)27(3)12-10-19(30)14-18(27)15-23(25)31/h16-18,20-23,25,31H,6-15H2,1-5H3,(H,29,32)/t16-,17+,18+,20-,21+,22+,23-,25+,27+,28-/m1/s1. The van der Waals surface area contributed by atoms with Crippen molar-refractivity contribution >= 4 is 17.7 Å². The summed E-state index contributed by atoms with van der Waals surface area (Å²) in [4.78, 5) is 36.2. The van der Waals surface area contributed by atoms with Crippen LogP contribution in [-0.4, -0.2) is 42.0 Å². The van der Waals surface area contributed by atoms with Crippen molar-refractivity contribution in [1.82, 2.24) is 5.32 Å². The number of nitrogens with one attached hydrogen (secondary N) is 1. The third kappa shape index (κ3) is 4.33. The number of amides is 1. The number of esters is 1. The fourth-order valence-corrected chi connectivity index (χ4v) is 9.10. The quantitative estimate of drug-likeness (QED) is 0.560. The first kappa shape index (κ1) is 25.7. The zero-order chi connectivity index (χ0) is 24.8. The number of hydrogen-bond donors (Lipinski definition) is 2. The number of aliphatic hydroxyl groups is 1. The second-order valence-corrected chi connectivity index (χ2v) is 12.6. The van der Waals surface area contributed by atoms with Crippen molar-refractivity contribution in [3.8, 4) is 0 Å². The molecular formula is C28H45NO5. The smallest absolute Gasteiger partial charge is 0.328 e. The van der Waals surface area contributed by atoms with Crippen molar-refractivity contribution in [2.24, 2.45) is 46.3 Å². The molecule has 0 aliphatic heterocycles. The lowest BCUT2D eigenvalue weighted by atomic mass is 9.44. The molecule has 0 radical (unpaired) electrons. The van der Waals surface area contributed by atoms with E-state index in [-0.39, 0.29) is 22.8 Å². The minimum atomic E-state index is -0.621. The van der Waals surface area contributed by atoms with Crippen LogP contribution in [0, 0.1) is 46.3 Å². The van der Waals surface area contributed by atoms with Gasteiger partial charge < -0.3 is 15.2 Å². The first-order chi connectivity index (χ1) is 16.0. The molecular weight excluding hydrogens is 430 g/mol. The average Bonchev–Trinajstić information content (AvgIpc) is 3.15. The highest BCUT2D eigenvalue weighted by Crippen LogP contribution is 2.68. The molecule has 2 N–H and O–H groups in total. The molecule has 4 rings (SSSR count). The van der Waals surface area contributed by atoms with Crippen molar-refractivity contribution in [2.45, 2.75) is 104 Å². The molecule has 1 amide bonds. The molecule has 0 saturated heterocycles. The molecule has 4 fully saturated rings. The van der Waals surface area contributed by atoms with Crippen molar-refractivity contribution in [1.29, 1.82) is 0 Å². The Hall–Kier alpha value is -1.43. The Balaban J connectivity index is 1.41. The van der Waals surface area contributed by atoms with Crippen LogP contribution >= 0.6 is 0 Å². The van der Waals surface area contributed by atoms with E-state index in [0.717, 1.165) is 38.5 Å². The Bertz CT molecular complexity index is 813. The largest absolute Gasteiger partial charge is 0.467 e. The summed E-state index contributed by atoms with van der Waals surface area (Å²) in [7, 11) is 1.33. The summed E-state index contributed by atoms with van der Waals surface area (Å²) in [6.45, 7) is 8.80. The van der Waals surface area contributed by atoms with Gasteiger partial charge >= 0.3 is 5.97 Å². The van der Waals surface area contributed by atoms with Gasteiger partial charge in [-0.25, -0.2) is 4.79 Å². The monoisotopic (exact) mass is 475 g/mol. The minimum Gasteiger partial charge on any atom is -0.467 e. The first-order valence-electron chi connectivity index (χ1n) is 13.6. The summed E-state index contributed by atoms with van der Waals surface area (Å²) in [5.41, 5.74) is 0.391. The molecule has 0 aromatic carbocycles. The van der Waals surface area contributed by atoms with Crippen LogP contribution in [0.2, 0.25) is 0 Å². The number of Topliss-reactive ketones (excluding diaryl/α,β-unsaturated/α-hetero) is 1. The van der Waals surface area contributed by atoms with E-state index in [4.69, 9.17) is 4.74 Å². The van der Waals surface area contributed by atoms with Crippen LogP contribution in [0.1, 0.15) is 91.9 Å². The summed E-state index contributed by atoms with van der Waals surface area (Å²) >= 11 is 0. The summed E-state index contributed by atoms with van der Waals surface area (Å²) in [6, 6.07) is -0.621. The van der Waals surface area contributed by atoms with Crippen molar-refractivity contribution < 1.29 is 24.2 Å². The highest BCUT2D eigenvalue weighted by Gasteiger charge is 2.62. The summed E-state index contributed by atoms with van der Waals surface area (Å²) in [6.07, 6.45) is 8.75. The Morgan fingerprint density at radius 1 is 1.12 bits per heavy atom. The van der Waals surface area contributed by atoms with E-state index in [1.165, 1.54) is 13.5 Å². The van der Waals surface area contributed by atoms with Gasteiger partial charge in [0.25, 0.3) is 0 Å². The van der Waals surface area contributed by atoms with Crippen LogP contribution in [0.25, 0.3) is 0 Å². The molecule has 6 nitrogen and oxygen atoms in total. The number of fused-ring (bicyclic) bond motifs is 5. The molecule has 0 unspecified atom stereocenters. The third-order valence-electron chi connectivity index (χ3n) is 11.0. The second kappa shape index (κ2) is 9.55. The van der Waals surface area contributed by atoms with E-state index in [9.17, 15) is 19.5 Å². The van der Waals surface area contributed by atoms with E-state index in [1.54, 1.807) is 6.92 Å². The van der Waals surface area contributed by atoms with Gasteiger partial charge in [-0.15, -0.1) is 0 Å². The number of ether oxygens (including phenoxy) is 1. The van der Waals surface area contributed by atoms with Gasteiger partial charge in [-0.05, 0) is 98.2 Å². The summed E-state index contributed by atoms with van der Waals surface area (Å²) < 4.78 is 4.70. The maximum absolute atomic E-state index is 12.4. The van der Waals surface area contributed by atoms with Crippen LogP contribution < -0.4 is 5.32 Å². The molecule has 0 heterocycles. The SMILES string of the molecule is COC(=O)[C@H](C)NC(=O)CC[C@@H](C)[C@H]1CC[C@H]2[C@@H]3[C@H](O)C[C@@H]4CC(=O)CC[C@]4(C)[C@H]3CC[C@]12C. The summed E-state index contributed by atoms with van der Waals surface area (Å²) in [5, 5.41) is 14.1. The van der Waals surface area contributed by atoms with Crippen LogP contribution in [0.5, 0.6) is 0 Å². The number of methoxy groups -OCH3 is 1. The topological polar surface area (TPSA) is 92.7 Å². The molecule has 6 heteroatoms. The molecule has 192 valence electrons. The highest BCUT2D eigenvalue weighted by molar-refractivity contribution is 5.84. The van der Waals surface area contributed by atoms with Crippen LogP contribution in [0.15, 0.2) is 0 Å². The summed E-state index contributed by atoms with van der Waals surface area (Å²) in [5.74, 6) is 2.57. The normalized spacial score (nSPS) is 43.2. The van der Waals surface area contributed by atoms with Gasteiger partial charge in [0.1, 0.15) is 11.8 Å². The predicted octanol–water partition coefficient (Wildman–Crippen LogP) is 4.28. The van der Waals surface area contributed by atoms with Crippen LogP contribution in [-0.2, 0) is 19.1 Å². The van der Waals surface area contributed by atoms with Crippen molar-refractivity contribution in [3.05, 3.63) is 0 Å². The van der Waals surface area contributed by atoms with Gasteiger partial charge in [-0.1, -0.05) is 20.8 Å². The number of hydrogen-bond acceptors (Lipinski definition) is 5. The zero-order valence-electron chi connectivity index (χ0n) is 21.8. The lowest BCUT2D eigenvalue weighted by Crippen LogP contribution is -2.58. The number of rotatable bonds is 6. The molecule has 0 bridgehead atoms. The minimum absolute atomic E-state index is 0.0957. The molecule has 34 heavy (non-hydrogen) atoms. The molecule has 4 saturated carbocycles. The van der Waals surface area contributed by atoms with E-state index >= 15 is 0 Å². The lowest BCUT2D eigenvalue weighted by Gasteiger charge is -2.62. The number of carbonyl (C=O) groups excluding carboxylic acids is 3. The number of aliphatic hydroxyl groups excluding tert-OH is 1. The maximum Gasteiger partial charge on any atom is 0.328 e. The molecule has 10 atom stereocenters. The molecule has 4 aliphatic carbocycles. The van der Waals surface area contributed by atoms with Crippen molar-refractivity contribution in [3.63, 3.8) is 0 Å². The molecule has 4 aliphatic rings. The Morgan fingerprint density at radius 2 is 1.82 bits per heavy atom. The Kier molecular flexibility index (Phi) is 7.21. The first-order valence-corrected chi connectivity index (χ1v) is 13.6. The van der Waals surface area contributed by atoms with Crippen LogP contribution in [0.4, 0.5) is 0 Å². The van der Waals surface area contributed by atoms with Crippen LogP contribution in [0.3, 0.4) is 0 Å². The molecule has 0 aromatic rings. The predicted molar refractivity (Wildman–Crippen MR) is 130 cm³/mol. The highest BCUT2D eigenvalue weighted by atomic mass is 16.5. The molecule has 0 aromatic heterocycles. The third-order valence-corrected chi connectivity index (χ3v) is 11.0. The van der Waals surface area contributed by atoms with Gasteiger partial charge in [0, 0.05) is 19.3 Å². The van der Waals surface area contributed by atoms with E-state index < -0.39 is 12.0 Å². The fraction of sp³-hybridized carbons (Fsp3) is 0.893. The van der Waals surface area contributed by atoms with Gasteiger partial charge in [0.2, 0.25) is 5.91 Å². The average molecular weight is 476 g/mol. The van der Waals surface area contributed by atoms with E-state index in [2.05, 4.69) is 26.1 Å². The second-order valence-electron chi connectivity index (χ2n) is 12.6. The van der Waals surface area contributed by atoms with Gasteiger partial charge in [-0.2, -0.15) is 0 Å². The Labute approximate surface area is 205 Å². The Morgan fingerprint density at radius 3 is 2.53 bits per heavy atom. The van der Waals surface area contributed by atoms with Crippen molar-refractivity contribution in [2.75, 3.05) is 7.11 Å². The number of carbonyl (C=O) groups is 3. The maximum atomic E-state index is 12.4. The van der Waals surface area contributed by atoms with Gasteiger partial charge in [0.05, 0.1) is 13.2 Å². The number of ketones is 1.